The standard InChI is InChI=1S/C34H24N2/c1-34(2)24-13-5-4-9-23(24)29-25(34)18-17-22-21-12-6-11-20-19-10-7-14-26-30(19)31-27(35(26)3)15-8-16-28(31)36(32(20)21)33(22)29/h4-18H,1-3H3. The topological polar surface area (TPSA) is 9.34 Å². The average Bonchev–Trinajstić information content (AvgIpc) is 3.44. The highest BCUT2D eigenvalue weighted by Gasteiger charge is 2.37. The second-order valence-corrected chi connectivity index (χ2v) is 11.0. The third-order valence-corrected chi connectivity index (χ3v) is 9.06. The Morgan fingerprint density at radius 3 is 2.03 bits per heavy atom. The minimum Gasteiger partial charge on any atom is -0.344 e. The largest absolute Gasteiger partial charge is 0.344 e. The molecule has 2 heteroatoms. The number of nitrogens with zero attached hydrogens (tertiary/aromatic N) is 2. The summed E-state index contributed by atoms with van der Waals surface area (Å²) in [5, 5.41) is 8.03. The van der Waals surface area contributed by atoms with Gasteiger partial charge in [0.2, 0.25) is 0 Å². The van der Waals surface area contributed by atoms with Crippen LogP contribution in [-0.4, -0.2) is 8.97 Å². The number of fused-ring (bicyclic) bond motifs is 9. The van der Waals surface area contributed by atoms with E-state index in [9.17, 15) is 0 Å². The van der Waals surface area contributed by atoms with Gasteiger partial charge in [0.15, 0.2) is 0 Å². The van der Waals surface area contributed by atoms with Crippen molar-refractivity contribution in [2.45, 2.75) is 19.3 Å². The minimum absolute atomic E-state index is 0.0284. The maximum Gasteiger partial charge on any atom is 0.0623 e. The maximum atomic E-state index is 2.60. The first kappa shape index (κ1) is 19.0. The van der Waals surface area contributed by atoms with Crippen LogP contribution in [0.4, 0.5) is 0 Å². The summed E-state index contributed by atoms with van der Waals surface area (Å²) in [5.41, 5.74) is 12.1. The van der Waals surface area contributed by atoms with E-state index in [1.165, 1.54) is 82.2 Å². The molecule has 3 aromatic heterocycles. The van der Waals surface area contributed by atoms with Crippen molar-refractivity contribution in [3.05, 3.63) is 102 Å². The third kappa shape index (κ3) is 1.89. The van der Waals surface area contributed by atoms with Gasteiger partial charge < -0.3 is 8.97 Å². The lowest BCUT2D eigenvalue weighted by atomic mass is 9.82. The predicted octanol–water partition coefficient (Wildman–Crippen LogP) is 8.79. The molecule has 0 atom stereocenters. The zero-order chi connectivity index (χ0) is 23.9. The Morgan fingerprint density at radius 1 is 0.528 bits per heavy atom. The minimum atomic E-state index is -0.0284. The Balaban J connectivity index is 1.71. The molecule has 0 unspecified atom stereocenters. The van der Waals surface area contributed by atoms with Crippen molar-refractivity contribution in [2.24, 2.45) is 7.05 Å². The molecule has 5 aromatic carbocycles. The first-order valence-corrected chi connectivity index (χ1v) is 12.8. The Hall–Kier alpha value is -4.30. The molecule has 0 saturated carbocycles. The van der Waals surface area contributed by atoms with Crippen LogP contribution in [-0.2, 0) is 12.5 Å². The monoisotopic (exact) mass is 460 g/mol. The van der Waals surface area contributed by atoms with Gasteiger partial charge in [-0.15, -0.1) is 0 Å². The predicted molar refractivity (Wildman–Crippen MR) is 153 cm³/mol. The highest BCUT2D eigenvalue weighted by atomic mass is 15.0. The van der Waals surface area contributed by atoms with Crippen LogP contribution in [0.25, 0.3) is 71.0 Å². The van der Waals surface area contributed by atoms with Gasteiger partial charge in [0.05, 0.1) is 22.1 Å². The summed E-state index contributed by atoms with van der Waals surface area (Å²) in [6.07, 6.45) is 0. The van der Waals surface area contributed by atoms with E-state index in [0.717, 1.165) is 0 Å². The van der Waals surface area contributed by atoms with Crippen molar-refractivity contribution in [1.29, 1.82) is 0 Å². The van der Waals surface area contributed by atoms with Gasteiger partial charge in [-0.25, -0.2) is 0 Å². The molecule has 0 radical (unpaired) electrons. The molecule has 36 heavy (non-hydrogen) atoms. The quantitative estimate of drug-likeness (QED) is 0.214. The number of aromatic nitrogens is 2. The Labute approximate surface area is 208 Å². The van der Waals surface area contributed by atoms with Crippen LogP contribution < -0.4 is 0 Å². The molecule has 0 saturated heterocycles. The summed E-state index contributed by atoms with van der Waals surface area (Å²) in [6, 6.07) is 34.2. The lowest BCUT2D eigenvalue weighted by Crippen LogP contribution is -2.14. The molecule has 0 fully saturated rings. The van der Waals surface area contributed by atoms with E-state index in [0.29, 0.717) is 0 Å². The summed E-state index contributed by atoms with van der Waals surface area (Å²) >= 11 is 0. The van der Waals surface area contributed by atoms with Crippen molar-refractivity contribution in [3.8, 4) is 11.1 Å². The van der Waals surface area contributed by atoms with Crippen molar-refractivity contribution in [3.63, 3.8) is 0 Å². The van der Waals surface area contributed by atoms with E-state index in [2.05, 4.69) is 121 Å². The zero-order valence-corrected chi connectivity index (χ0v) is 20.6. The van der Waals surface area contributed by atoms with Gasteiger partial charge in [-0.2, -0.15) is 0 Å². The maximum absolute atomic E-state index is 2.60. The molecule has 0 amide bonds. The molecule has 8 aromatic rings. The average molecular weight is 461 g/mol. The van der Waals surface area contributed by atoms with E-state index in [1.807, 2.05) is 0 Å². The summed E-state index contributed by atoms with van der Waals surface area (Å²) in [4.78, 5) is 0. The van der Waals surface area contributed by atoms with Gasteiger partial charge in [0.25, 0.3) is 0 Å². The lowest BCUT2D eigenvalue weighted by molar-refractivity contribution is 0.661. The number of hydrogen-bond donors (Lipinski definition) is 0. The van der Waals surface area contributed by atoms with Crippen LogP contribution in [0.3, 0.4) is 0 Å². The smallest absolute Gasteiger partial charge is 0.0623 e. The van der Waals surface area contributed by atoms with Gasteiger partial charge >= 0.3 is 0 Å². The van der Waals surface area contributed by atoms with E-state index in [4.69, 9.17) is 0 Å². The Kier molecular flexibility index (Phi) is 3.11. The fraction of sp³-hybridized carbons (Fsp3) is 0.118. The van der Waals surface area contributed by atoms with Crippen molar-refractivity contribution >= 4 is 59.9 Å². The van der Waals surface area contributed by atoms with Gasteiger partial charge in [0.1, 0.15) is 0 Å². The first-order chi connectivity index (χ1) is 17.6. The number of rotatable bonds is 0. The Morgan fingerprint density at radius 2 is 1.17 bits per heavy atom. The fourth-order valence-electron chi connectivity index (χ4n) is 7.48. The Bertz CT molecular complexity index is 2240. The van der Waals surface area contributed by atoms with Crippen LogP contribution in [0.1, 0.15) is 25.0 Å². The van der Waals surface area contributed by atoms with E-state index >= 15 is 0 Å². The molecule has 170 valence electrons. The number of benzene rings is 5. The lowest BCUT2D eigenvalue weighted by Gasteiger charge is -2.21. The summed E-state index contributed by atoms with van der Waals surface area (Å²) in [5.74, 6) is 0. The van der Waals surface area contributed by atoms with E-state index in [1.54, 1.807) is 0 Å². The molecule has 9 rings (SSSR count). The molecule has 1 aliphatic carbocycles. The van der Waals surface area contributed by atoms with Crippen LogP contribution in [0.2, 0.25) is 0 Å². The third-order valence-electron chi connectivity index (χ3n) is 9.06. The molecule has 0 spiro atoms. The molecular weight excluding hydrogens is 436 g/mol. The van der Waals surface area contributed by atoms with Gasteiger partial charge in [0, 0.05) is 50.5 Å². The second kappa shape index (κ2) is 5.91. The van der Waals surface area contributed by atoms with E-state index in [-0.39, 0.29) is 5.41 Å². The van der Waals surface area contributed by atoms with Gasteiger partial charge in [-0.3, -0.25) is 0 Å². The number of hydrogen-bond acceptors (Lipinski definition) is 0. The molecule has 1 aliphatic rings. The molecule has 3 heterocycles. The van der Waals surface area contributed by atoms with Crippen molar-refractivity contribution in [1.82, 2.24) is 8.97 Å². The normalized spacial score (nSPS) is 14.8. The fourth-order valence-corrected chi connectivity index (χ4v) is 7.48. The molecule has 0 N–H and O–H groups in total. The SMILES string of the molecule is Cn1c2cccc3c4cccc5c6ccc7c(c6n(c6cccc1c6c32)c45)-c1ccccc1C7(C)C. The molecule has 0 aliphatic heterocycles. The molecule has 2 nitrogen and oxygen atoms in total. The summed E-state index contributed by atoms with van der Waals surface area (Å²) in [6.45, 7) is 4.74. The van der Waals surface area contributed by atoms with Crippen molar-refractivity contribution < 1.29 is 0 Å². The summed E-state index contributed by atoms with van der Waals surface area (Å²) in [7, 11) is 2.20. The van der Waals surface area contributed by atoms with Crippen LogP contribution >= 0.6 is 0 Å². The molecular formula is C34H24N2. The van der Waals surface area contributed by atoms with Gasteiger partial charge in [-0.1, -0.05) is 86.6 Å². The summed E-state index contributed by atoms with van der Waals surface area (Å²) < 4.78 is 4.95. The van der Waals surface area contributed by atoms with Crippen LogP contribution in [0.15, 0.2) is 91.0 Å². The molecule has 0 bridgehead atoms. The second-order valence-electron chi connectivity index (χ2n) is 11.0. The first-order valence-electron chi connectivity index (χ1n) is 12.8. The number of para-hydroxylation sites is 1. The zero-order valence-electron chi connectivity index (χ0n) is 20.6. The van der Waals surface area contributed by atoms with Crippen LogP contribution in [0, 0.1) is 0 Å². The highest BCUT2D eigenvalue weighted by molar-refractivity contribution is 6.31. The van der Waals surface area contributed by atoms with E-state index < -0.39 is 0 Å². The highest BCUT2D eigenvalue weighted by Crippen LogP contribution is 2.53. The van der Waals surface area contributed by atoms with Gasteiger partial charge in [-0.05, 0) is 40.3 Å². The van der Waals surface area contributed by atoms with Crippen molar-refractivity contribution in [2.75, 3.05) is 0 Å². The number of aryl methyl sites for hydroxylation is 1. The van der Waals surface area contributed by atoms with Crippen LogP contribution in [0.5, 0.6) is 0 Å².